The molecule has 0 spiro atoms. The molecule has 0 saturated heterocycles. The fraction of sp³-hybridized carbons (Fsp3) is 0.105. The van der Waals surface area contributed by atoms with E-state index in [-0.39, 0.29) is 5.91 Å². The summed E-state index contributed by atoms with van der Waals surface area (Å²) >= 11 is 0. The first-order valence-corrected chi connectivity index (χ1v) is 7.45. The number of benzene rings is 2. The first kappa shape index (κ1) is 14.9. The smallest absolute Gasteiger partial charge is 0.250 e. The molecule has 2 aromatic carbocycles. The van der Waals surface area contributed by atoms with Crippen molar-refractivity contribution < 1.29 is 4.79 Å². The number of rotatable bonds is 3. The van der Waals surface area contributed by atoms with E-state index in [4.69, 9.17) is 0 Å². The molecule has 0 unspecified atom stereocenters. The average Bonchev–Trinajstić information content (AvgIpc) is 2.58. The number of hydrogen-bond acceptors (Lipinski definition) is 2. The summed E-state index contributed by atoms with van der Waals surface area (Å²) < 4.78 is 1.74. The Morgan fingerprint density at radius 2 is 1.78 bits per heavy atom. The van der Waals surface area contributed by atoms with Gasteiger partial charge in [0.25, 0.3) is 5.91 Å². The van der Waals surface area contributed by atoms with Gasteiger partial charge in [-0.25, -0.2) is 9.67 Å². The van der Waals surface area contributed by atoms with Crippen molar-refractivity contribution in [1.29, 1.82) is 0 Å². The summed E-state index contributed by atoms with van der Waals surface area (Å²) in [4.78, 5) is 16.2. The highest BCUT2D eigenvalue weighted by Gasteiger charge is 2.03. The number of hydrogen-bond donors (Lipinski definition) is 0. The minimum Gasteiger partial charge on any atom is -0.272 e. The van der Waals surface area contributed by atoms with Crippen molar-refractivity contribution in [2.75, 3.05) is 0 Å². The zero-order chi connectivity index (χ0) is 16.1. The molecule has 0 saturated carbocycles. The predicted octanol–water partition coefficient (Wildman–Crippen LogP) is 2.85. The maximum absolute atomic E-state index is 12.1. The maximum atomic E-state index is 12.1. The first-order valence-electron chi connectivity index (χ1n) is 7.45. The van der Waals surface area contributed by atoms with Crippen LogP contribution in [0.5, 0.6) is 0 Å². The van der Waals surface area contributed by atoms with E-state index in [1.807, 2.05) is 61.5 Å². The lowest BCUT2D eigenvalue weighted by Crippen LogP contribution is -2.12. The molecule has 0 fully saturated rings. The van der Waals surface area contributed by atoms with Gasteiger partial charge in [0.15, 0.2) is 0 Å². The van der Waals surface area contributed by atoms with Crippen LogP contribution in [0, 0.1) is 6.92 Å². The molecule has 4 heteroatoms. The number of aryl methyl sites for hydroxylation is 1. The number of nitrogens with zero attached hydrogens (tertiary/aromatic N) is 3. The monoisotopic (exact) mass is 303 g/mol. The second-order valence-electron chi connectivity index (χ2n) is 5.27. The van der Waals surface area contributed by atoms with E-state index in [0.29, 0.717) is 11.8 Å². The minimum atomic E-state index is -0.168. The van der Waals surface area contributed by atoms with Gasteiger partial charge >= 0.3 is 0 Å². The van der Waals surface area contributed by atoms with Crippen LogP contribution in [0.25, 0.3) is 5.69 Å². The quantitative estimate of drug-likeness (QED) is 0.747. The Kier molecular flexibility index (Phi) is 4.43. The second kappa shape index (κ2) is 6.83. The molecule has 4 nitrogen and oxygen atoms in total. The van der Waals surface area contributed by atoms with E-state index in [1.165, 1.54) is 0 Å². The molecule has 0 aliphatic carbocycles. The lowest BCUT2D eigenvalue weighted by molar-refractivity contribution is -0.117. The topological polar surface area (TPSA) is 47.2 Å². The largest absolute Gasteiger partial charge is 0.272 e. The van der Waals surface area contributed by atoms with Gasteiger partial charge in [0, 0.05) is 6.20 Å². The number of amides is 1. The normalized spacial score (nSPS) is 11.4. The molecular weight excluding hydrogens is 286 g/mol. The Hall–Kier alpha value is -3.01. The average molecular weight is 303 g/mol. The summed E-state index contributed by atoms with van der Waals surface area (Å²) in [6.07, 6.45) is 3.71. The van der Waals surface area contributed by atoms with Gasteiger partial charge in [0.1, 0.15) is 0 Å². The van der Waals surface area contributed by atoms with Crippen molar-refractivity contribution in [2.24, 2.45) is 4.99 Å². The van der Waals surface area contributed by atoms with Crippen LogP contribution in [0.1, 0.15) is 11.1 Å². The zero-order valence-corrected chi connectivity index (χ0v) is 12.9. The van der Waals surface area contributed by atoms with Gasteiger partial charge in [-0.3, -0.25) is 4.79 Å². The van der Waals surface area contributed by atoms with Crippen molar-refractivity contribution in [3.05, 3.63) is 89.5 Å². The van der Waals surface area contributed by atoms with Crippen LogP contribution < -0.4 is 5.36 Å². The van der Waals surface area contributed by atoms with E-state index >= 15 is 0 Å². The number of para-hydroxylation sites is 1. The Bertz CT molecular complexity index is 862. The molecule has 114 valence electrons. The summed E-state index contributed by atoms with van der Waals surface area (Å²) in [7, 11) is 0. The fourth-order valence-electron chi connectivity index (χ4n) is 2.30. The third-order valence-corrected chi connectivity index (χ3v) is 3.58. The zero-order valence-electron chi connectivity index (χ0n) is 12.9. The SMILES string of the molecule is Cc1ccccc1CC(=O)N=c1ccn(-c2ccccc2)nc1. The van der Waals surface area contributed by atoms with Crippen molar-refractivity contribution in [3.8, 4) is 5.69 Å². The highest BCUT2D eigenvalue weighted by Crippen LogP contribution is 2.08. The van der Waals surface area contributed by atoms with Crippen molar-refractivity contribution >= 4 is 5.91 Å². The third-order valence-electron chi connectivity index (χ3n) is 3.58. The molecule has 0 radical (unpaired) electrons. The van der Waals surface area contributed by atoms with Gasteiger partial charge in [0.05, 0.1) is 23.7 Å². The van der Waals surface area contributed by atoms with E-state index in [9.17, 15) is 4.79 Å². The highest BCUT2D eigenvalue weighted by molar-refractivity contribution is 5.79. The Balaban J connectivity index is 1.78. The van der Waals surface area contributed by atoms with Gasteiger partial charge in [0.2, 0.25) is 0 Å². The number of carbonyl (C=O) groups excluding carboxylic acids is 1. The molecular formula is C19H17N3O. The fourth-order valence-corrected chi connectivity index (χ4v) is 2.30. The van der Waals surface area contributed by atoms with Crippen LogP contribution in [-0.4, -0.2) is 15.7 Å². The van der Waals surface area contributed by atoms with E-state index in [1.54, 1.807) is 23.1 Å². The molecule has 3 aromatic rings. The number of aromatic nitrogens is 2. The maximum Gasteiger partial charge on any atom is 0.250 e. The summed E-state index contributed by atoms with van der Waals surface area (Å²) in [5.41, 5.74) is 3.07. The van der Waals surface area contributed by atoms with Gasteiger partial charge < -0.3 is 0 Å². The number of carbonyl (C=O) groups is 1. The first-order chi connectivity index (χ1) is 11.2. The van der Waals surface area contributed by atoms with Gasteiger partial charge in [-0.15, -0.1) is 0 Å². The molecule has 0 atom stereocenters. The summed E-state index contributed by atoms with van der Waals surface area (Å²) in [6, 6.07) is 19.4. The molecule has 1 amide bonds. The molecule has 3 rings (SSSR count). The molecule has 23 heavy (non-hydrogen) atoms. The predicted molar refractivity (Wildman–Crippen MR) is 89.0 cm³/mol. The lowest BCUT2D eigenvalue weighted by Gasteiger charge is -2.03. The third kappa shape index (κ3) is 3.80. The Morgan fingerprint density at radius 1 is 1.04 bits per heavy atom. The van der Waals surface area contributed by atoms with E-state index < -0.39 is 0 Å². The van der Waals surface area contributed by atoms with Crippen LogP contribution in [0.2, 0.25) is 0 Å². The van der Waals surface area contributed by atoms with Crippen LogP contribution in [0.15, 0.2) is 78.0 Å². The van der Waals surface area contributed by atoms with Gasteiger partial charge in [-0.05, 0) is 36.2 Å². The summed E-state index contributed by atoms with van der Waals surface area (Å²) in [5.74, 6) is -0.168. The van der Waals surface area contributed by atoms with Crippen molar-refractivity contribution in [2.45, 2.75) is 13.3 Å². The van der Waals surface area contributed by atoms with Gasteiger partial charge in [-0.1, -0.05) is 42.5 Å². The second-order valence-corrected chi connectivity index (χ2v) is 5.27. The van der Waals surface area contributed by atoms with E-state index in [2.05, 4.69) is 10.1 Å². The molecule has 1 aromatic heterocycles. The summed E-state index contributed by atoms with van der Waals surface area (Å²) in [6.45, 7) is 2.00. The molecule has 1 heterocycles. The molecule has 0 N–H and O–H groups in total. The highest BCUT2D eigenvalue weighted by atomic mass is 16.1. The molecule has 0 aliphatic rings. The minimum absolute atomic E-state index is 0.168. The van der Waals surface area contributed by atoms with E-state index in [0.717, 1.165) is 16.8 Å². The van der Waals surface area contributed by atoms with Crippen LogP contribution in [-0.2, 0) is 11.2 Å². The molecule has 0 bridgehead atoms. The Labute approximate surface area is 134 Å². The van der Waals surface area contributed by atoms with Crippen molar-refractivity contribution in [3.63, 3.8) is 0 Å². The van der Waals surface area contributed by atoms with Crippen LogP contribution >= 0.6 is 0 Å². The van der Waals surface area contributed by atoms with Gasteiger partial charge in [-0.2, -0.15) is 5.10 Å². The summed E-state index contributed by atoms with van der Waals surface area (Å²) in [5, 5.41) is 4.86. The molecule has 0 aliphatic heterocycles. The lowest BCUT2D eigenvalue weighted by atomic mass is 10.1. The van der Waals surface area contributed by atoms with Crippen LogP contribution in [0.4, 0.5) is 0 Å². The Morgan fingerprint density at radius 3 is 2.48 bits per heavy atom. The van der Waals surface area contributed by atoms with Crippen LogP contribution in [0.3, 0.4) is 0 Å². The standard InChI is InChI=1S/C19H17N3O/c1-15-7-5-6-8-16(15)13-19(23)21-17-11-12-22(20-14-17)18-9-3-2-4-10-18/h2-12,14H,13H2,1H3. The van der Waals surface area contributed by atoms with Crippen molar-refractivity contribution in [1.82, 2.24) is 9.78 Å².